The molecule has 2 aromatic carbocycles. The molecular formula is C14H12N4O. The van der Waals surface area contributed by atoms with E-state index in [1.165, 1.54) is 0 Å². The van der Waals surface area contributed by atoms with Crippen molar-refractivity contribution in [2.24, 2.45) is 0 Å². The molecule has 0 radical (unpaired) electrons. The lowest BCUT2D eigenvalue weighted by Crippen LogP contribution is -2.13. The minimum atomic E-state index is -0.221. The summed E-state index contributed by atoms with van der Waals surface area (Å²) in [6.07, 6.45) is 1.71. The van der Waals surface area contributed by atoms with Crippen LogP contribution in [0.2, 0.25) is 0 Å². The second-order valence-electron chi connectivity index (χ2n) is 4.21. The lowest BCUT2D eigenvalue weighted by molar-refractivity contribution is 0.102. The summed E-state index contributed by atoms with van der Waals surface area (Å²) in [5.41, 5.74) is 8.34. The topological polar surface area (TPSA) is 83.8 Å². The molecule has 0 spiro atoms. The Balaban J connectivity index is 1.88. The third-order valence-electron chi connectivity index (χ3n) is 2.90. The van der Waals surface area contributed by atoms with Gasteiger partial charge in [0.2, 0.25) is 0 Å². The number of nitrogens with zero attached hydrogens (tertiary/aromatic N) is 1. The third kappa shape index (κ3) is 2.13. The average Bonchev–Trinajstić information content (AvgIpc) is 2.86. The number of hydrogen-bond donors (Lipinski definition) is 3. The van der Waals surface area contributed by atoms with Gasteiger partial charge in [-0.3, -0.25) is 9.89 Å². The van der Waals surface area contributed by atoms with Gasteiger partial charge in [0.15, 0.2) is 0 Å². The number of nitrogens with two attached hydrogens (primary N) is 1. The maximum atomic E-state index is 12.1. The van der Waals surface area contributed by atoms with E-state index in [-0.39, 0.29) is 5.91 Å². The highest BCUT2D eigenvalue weighted by Gasteiger charge is 2.09. The summed E-state index contributed by atoms with van der Waals surface area (Å²) >= 11 is 0. The lowest BCUT2D eigenvalue weighted by atomic mass is 10.1. The van der Waals surface area contributed by atoms with Crippen LogP contribution in [0.15, 0.2) is 48.7 Å². The maximum Gasteiger partial charge on any atom is 0.257 e. The first-order chi connectivity index (χ1) is 9.24. The molecule has 5 heteroatoms. The molecule has 0 unspecified atom stereocenters. The number of benzene rings is 2. The Bertz CT molecular complexity index is 748. The van der Waals surface area contributed by atoms with Gasteiger partial charge in [-0.1, -0.05) is 12.1 Å². The van der Waals surface area contributed by atoms with Crippen LogP contribution in [0.4, 0.5) is 11.4 Å². The molecule has 0 aliphatic heterocycles. The number of para-hydroxylation sites is 1. The van der Waals surface area contributed by atoms with Gasteiger partial charge < -0.3 is 11.1 Å². The zero-order chi connectivity index (χ0) is 13.2. The first-order valence-electron chi connectivity index (χ1n) is 5.83. The number of H-pyrrole nitrogens is 1. The number of amides is 1. The van der Waals surface area contributed by atoms with Crippen LogP contribution in [0.1, 0.15) is 10.4 Å². The molecule has 1 heterocycles. The average molecular weight is 252 g/mol. The van der Waals surface area contributed by atoms with E-state index < -0.39 is 0 Å². The zero-order valence-corrected chi connectivity index (χ0v) is 10.1. The quantitative estimate of drug-likeness (QED) is 0.612. The van der Waals surface area contributed by atoms with Crippen LogP contribution in [0, 0.1) is 0 Å². The smallest absolute Gasteiger partial charge is 0.257 e. The molecule has 3 rings (SSSR count). The summed E-state index contributed by atoms with van der Waals surface area (Å²) < 4.78 is 0. The second-order valence-corrected chi connectivity index (χ2v) is 4.21. The molecule has 3 aromatic rings. The molecule has 0 fully saturated rings. The first kappa shape index (κ1) is 11.3. The number of aromatic nitrogens is 2. The van der Waals surface area contributed by atoms with Crippen molar-refractivity contribution in [1.29, 1.82) is 0 Å². The maximum absolute atomic E-state index is 12.1. The Morgan fingerprint density at radius 1 is 1.21 bits per heavy atom. The molecule has 0 aliphatic carbocycles. The van der Waals surface area contributed by atoms with E-state index in [0.717, 1.165) is 10.9 Å². The minimum absolute atomic E-state index is 0.221. The number of carbonyl (C=O) groups is 1. The van der Waals surface area contributed by atoms with E-state index >= 15 is 0 Å². The van der Waals surface area contributed by atoms with Crippen LogP contribution >= 0.6 is 0 Å². The molecule has 0 bridgehead atoms. The van der Waals surface area contributed by atoms with Crippen LogP contribution in [0.5, 0.6) is 0 Å². The summed E-state index contributed by atoms with van der Waals surface area (Å²) in [7, 11) is 0. The third-order valence-corrected chi connectivity index (χ3v) is 2.90. The fourth-order valence-electron chi connectivity index (χ4n) is 1.92. The summed E-state index contributed by atoms with van der Waals surface area (Å²) in [6, 6.07) is 12.5. The van der Waals surface area contributed by atoms with Crippen LogP contribution in [-0.2, 0) is 0 Å². The van der Waals surface area contributed by atoms with Crippen molar-refractivity contribution >= 4 is 28.2 Å². The van der Waals surface area contributed by atoms with Crippen molar-refractivity contribution in [2.75, 3.05) is 11.1 Å². The fourth-order valence-corrected chi connectivity index (χ4v) is 1.92. The number of carbonyl (C=O) groups excluding carboxylic acids is 1. The molecule has 0 saturated heterocycles. The highest BCUT2D eigenvalue weighted by atomic mass is 16.1. The predicted molar refractivity (Wildman–Crippen MR) is 74.9 cm³/mol. The zero-order valence-electron chi connectivity index (χ0n) is 10.1. The van der Waals surface area contributed by atoms with Crippen molar-refractivity contribution in [1.82, 2.24) is 10.2 Å². The summed E-state index contributed by atoms with van der Waals surface area (Å²) in [5.74, 6) is -0.221. The van der Waals surface area contributed by atoms with Gasteiger partial charge in [-0.2, -0.15) is 5.10 Å². The number of hydrogen-bond acceptors (Lipinski definition) is 3. The van der Waals surface area contributed by atoms with Gasteiger partial charge in [0.05, 0.1) is 17.3 Å². The number of anilines is 2. The lowest BCUT2D eigenvalue weighted by Gasteiger charge is -2.07. The molecule has 94 valence electrons. The monoisotopic (exact) mass is 252 g/mol. The number of nitrogen functional groups attached to an aromatic ring is 1. The molecule has 1 amide bonds. The minimum Gasteiger partial charge on any atom is -0.398 e. The molecule has 0 saturated carbocycles. The van der Waals surface area contributed by atoms with Gasteiger partial charge in [-0.15, -0.1) is 0 Å². The van der Waals surface area contributed by atoms with Crippen molar-refractivity contribution in [3.05, 3.63) is 54.2 Å². The highest BCUT2D eigenvalue weighted by Crippen LogP contribution is 2.18. The fraction of sp³-hybridized carbons (Fsp3) is 0. The Hall–Kier alpha value is -2.82. The number of fused-ring (bicyclic) bond motifs is 1. The molecule has 0 atom stereocenters. The largest absolute Gasteiger partial charge is 0.398 e. The second kappa shape index (κ2) is 4.45. The van der Waals surface area contributed by atoms with E-state index in [2.05, 4.69) is 15.5 Å². The number of nitrogens with one attached hydrogen (secondary N) is 2. The van der Waals surface area contributed by atoms with Crippen molar-refractivity contribution in [3.63, 3.8) is 0 Å². The van der Waals surface area contributed by atoms with Gasteiger partial charge in [0.1, 0.15) is 0 Å². The number of aromatic amines is 1. The van der Waals surface area contributed by atoms with E-state index in [1.54, 1.807) is 30.5 Å². The SMILES string of the molecule is Nc1ccccc1C(=O)Nc1ccc2[nH]ncc2c1. The van der Waals surface area contributed by atoms with Gasteiger partial charge in [0, 0.05) is 16.8 Å². The van der Waals surface area contributed by atoms with E-state index in [1.807, 2.05) is 18.2 Å². The van der Waals surface area contributed by atoms with E-state index in [4.69, 9.17) is 5.73 Å². The van der Waals surface area contributed by atoms with Gasteiger partial charge >= 0.3 is 0 Å². The van der Waals surface area contributed by atoms with Gasteiger partial charge in [0.25, 0.3) is 5.91 Å². The van der Waals surface area contributed by atoms with Crippen LogP contribution in [0.25, 0.3) is 10.9 Å². The molecule has 5 nitrogen and oxygen atoms in total. The van der Waals surface area contributed by atoms with Crippen LogP contribution in [0.3, 0.4) is 0 Å². The Labute approximate surface area is 109 Å². The Morgan fingerprint density at radius 2 is 2.05 bits per heavy atom. The van der Waals surface area contributed by atoms with Gasteiger partial charge in [-0.25, -0.2) is 0 Å². The Morgan fingerprint density at radius 3 is 2.89 bits per heavy atom. The van der Waals surface area contributed by atoms with Crippen LogP contribution in [-0.4, -0.2) is 16.1 Å². The molecule has 4 N–H and O–H groups in total. The normalized spacial score (nSPS) is 10.5. The molecule has 0 aliphatic rings. The van der Waals surface area contributed by atoms with Crippen molar-refractivity contribution < 1.29 is 4.79 Å². The first-order valence-corrected chi connectivity index (χ1v) is 5.83. The molecule has 19 heavy (non-hydrogen) atoms. The molecule has 1 aromatic heterocycles. The summed E-state index contributed by atoms with van der Waals surface area (Å²) in [6.45, 7) is 0. The van der Waals surface area contributed by atoms with Crippen molar-refractivity contribution in [3.8, 4) is 0 Å². The predicted octanol–water partition coefficient (Wildman–Crippen LogP) is 2.40. The van der Waals surface area contributed by atoms with Crippen molar-refractivity contribution in [2.45, 2.75) is 0 Å². The Kier molecular flexibility index (Phi) is 2.64. The number of rotatable bonds is 2. The van der Waals surface area contributed by atoms with E-state index in [9.17, 15) is 4.79 Å². The molecular weight excluding hydrogens is 240 g/mol. The van der Waals surface area contributed by atoms with E-state index in [0.29, 0.717) is 16.9 Å². The van der Waals surface area contributed by atoms with Crippen LogP contribution < -0.4 is 11.1 Å². The summed E-state index contributed by atoms with van der Waals surface area (Å²) in [4.78, 5) is 12.1. The standard InChI is InChI=1S/C14H12N4O/c15-12-4-2-1-3-11(12)14(19)17-10-5-6-13-9(7-10)8-16-18-13/h1-8H,15H2,(H,16,18)(H,17,19). The summed E-state index contributed by atoms with van der Waals surface area (Å²) in [5, 5.41) is 10.6. The van der Waals surface area contributed by atoms with Gasteiger partial charge in [-0.05, 0) is 30.3 Å². The highest BCUT2D eigenvalue weighted by molar-refractivity contribution is 6.08.